The summed E-state index contributed by atoms with van der Waals surface area (Å²) < 4.78 is 26.2. The van der Waals surface area contributed by atoms with Crippen LogP contribution in [-0.2, 0) is 10.0 Å². The van der Waals surface area contributed by atoms with Gasteiger partial charge in [0.1, 0.15) is 5.82 Å². The summed E-state index contributed by atoms with van der Waals surface area (Å²) in [7, 11) is -2.39. The molecule has 0 radical (unpaired) electrons. The van der Waals surface area contributed by atoms with Crippen molar-refractivity contribution in [3.05, 3.63) is 34.6 Å². The van der Waals surface area contributed by atoms with E-state index in [0.717, 1.165) is 17.8 Å². The molecule has 8 nitrogen and oxygen atoms in total. The number of nitrogens with one attached hydrogen (secondary N) is 2. The van der Waals surface area contributed by atoms with E-state index in [9.17, 15) is 13.2 Å². The summed E-state index contributed by atoms with van der Waals surface area (Å²) >= 11 is 0.972. The summed E-state index contributed by atoms with van der Waals surface area (Å²) in [6.07, 6.45) is 0. The topological polar surface area (TPSA) is 144 Å². The summed E-state index contributed by atoms with van der Waals surface area (Å²) in [4.78, 5) is 18.1. The van der Waals surface area contributed by atoms with Crippen molar-refractivity contribution in [3.8, 4) is 0 Å². The molecule has 2 aromatic rings. The van der Waals surface area contributed by atoms with Crippen LogP contribution in [0.4, 0.5) is 11.5 Å². The molecule has 1 heterocycles. The number of sulfonamides is 1. The molecule has 0 bridgehead atoms. The highest BCUT2D eigenvalue weighted by atomic mass is 32.2. The molecule has 0 atom stereocenters. The second kappa shape index (κ2) is 5.76. The molecule has 1 aromatic carbocycles. The molecule has 0 unspecified atom stereocenters. The molecule has 10 heteroatoms. The van der Waals surface area contributed by atoms with Crippen LogP contribution in [0.15, 0.2) is 44.0 Å². The monoisotopic (exact) mass is 327 g/mol. The van der Waals surface area contributed by atoms with Crippen LogP contribution >= 0.6 is 11.8 Å². The molecule has 1 aromatic heterocycles. The fourth-order valence-corrected chi connectivity index (χ4v) is 3.64. The van der Waals surface area contributed by atoms with E-state index in [1.54, 1.807) is 6.07 Å². The van der Waals surface area contributed by atoms with Crippen LogP contribution < -0.4 is 21.7 Å². The third-order valence-electron chi connectivity index (χ3n) is 2.47. The molecule has 0 fully saturated rings. The zero-order valence-electron chi connectivity index (χ0n) is 11.0. The maximum Gasteiger partial charge on any atom is 0.253 e. The molecule has 0 aliphatic heterocycles. The normalized spacial score (nSPS) is 11.5. The maximum atomic E-state index is 12.0. The number of aromatic amines is 1. The smallest absolute Gasteiger partial charge is 0.253 e. The number of rotatable bonds is 4. The van der Waals surface area contributed by atoms with Crippen molar-refractivity contribution < 1.29 is 8.42 Å². The average Bonchev–Trinajstić information content (AvgIpc) is 2.39. The number of hydrogen-bond acceptors (Lipinski definition) is 7. The fraction of sp³-hybridized carbons (Fsp3) is 0.0909. The average molecular weight is 327 g/mol. The lowest BCUT2D eigenvalue weighted by Gasteiger charge is -2.10. The van der Waals surface area contributed by atoms with Gasteiger partial charge in [-0.3, -0.25) is 4.79 Å². The Morgan fingerprint density at radius 3 is 2.62 bits per heavy atom. The predicted octanol–water partition coefficient (Wildman–Crippen LogP) is -0.00640. The van der Waals surface area contributed by atoms with Gasteiger partial charge in [-0.15, -0.1) is 0 Å². The van der Waals surface area contributed by atoms with E-state index in [0.29, 0.717) is 10.6 Å². The van der Waals surface area contributed by atoms with Crippen molar-refractivity contribution in [3.63, 3.8) is 0 Å². The van der Waals surface area contributed by atoms with E-state index in [1.165, 1.54) is 19.2 Å². The van der Waals surface area contributed by atoms with Gasteiger partial charge >= 0.3 is 0 Å². The number of nitrogens with two attached hydrogens (primary N) is 2. The second-order valence-electron chi connectivity index (χ2n) is 3.99. The Morgan fingerprint density at radius 1 is 1.29 bits per heavy atom. The largest absolute Gasteiger partial charge is 0.399 e. The highest BCUT2D eigenvalue weighted by Crippen LogP contribution is 2.31. The standard InChI is InChI=1S/C11H13N5O3S2/c1-14-21(18,19)8-4-6(12)2-3-7(8)20-11-15-9(13)5-10(17)16-11/h2-5,14H,12H2,1H3,(H3,13,15,16,17). The Balaban J connectivity index is 2.52. The highest BCUT2D eigenvalue weighted by molar-refractivity contribution is 8.00. The first-order valence-electron chi connectivity index (χ1n) is 5.69. The van der Waals surface area contributed by atoms with Crippen LogP contribution in [0.2, 0.25) is 0 Å². The van der Waals surface area contributed by atoms with Crippen molar-refractivity contribution in [1.82, 2.24) is 14.7 Å². The Morgan fingerprint density at radius 2 is 2.00 bits per heavy atom. The van der Waals surface area contributed by atoms with Gasteiger partial charge in [0.15, 0.2) is 5.16 Å². The van der Waals surface area contributed by atoms with Gasteiger partial charge < -0.3 is 16.5 Å². The van der Waals surface area contributed by atoms with Crippen LogP contribution in [0.25, 0.3) is 0 Å². The number of nitrogens with zero attached hydrogens (tertiary/aromatic N) is 1. The Hall–Kier alpha value is -2.04. The van der Waals surface area contributed by atoms with Gasteiger partial charge in [0, 0.05) is 16.6 Å². The van der Waals surface area contributed by atoms with Crippen LogP contribution in [-0.4, -0.2) is 25.4 Å². The van der Waals surface area contributed by atoms with Gasteiger partial charge in [-0.1, -0.05) is 11.8 Å². The summed E-state index contributed by atoms with van der Waals surface area (Å²) in [5, 5.41) is 0.192. The van der Waals surface area contributed by atoms with Crippen LogP contribution in [0.1, 0.15) is 0 Å². The number of anilines is 2. The Bertz CT molecular complexity index is 832. The molecule has 0 amide bonds. The zero-order chi connectivity index (χ0) is 15.6. The van der Waals surface area contributed by atoms with Crippen molar-refractivity contribution >= 4 is 33.3 Å². The lowest BCUT2D eigenvalue weighted by molar-refractivity contribution is 0.586. The predicted molar refractivity (Wildman–Crippen MR) is 80.5 cm³/mol. The number of nitrogen functional groups attached to an aromatic ring is 2. The van der Waals surface area contributed by atoms with Crippen LogP contribution in [0.3, 0.4) is 0 Å². The SMILES string of the molecule is CNS(=O)(=O)c1cc(N)ccc1Sc1nc(N)cc(=O)[nH]1. The summed E-state index contributed by atoms with van der Waals surface area (Å²) in [6.45, 7) is 0. The molecule has 0 aliphatic carbocycles. The number of benzene rings is 1. The fourth-order valence-electron chi connectivity index (χ4n) is 1.53. The lowest BCUT2D eigenvalue weighted by Crippen LogP contribution is -2.19. The molecule has 0 saturated carbocycles. The second-order valence-corrected chi connectivity index (χ2v) is 6.88. The van der Waals surface area contributed by atoms with Gasteiger partial charge in [0.25, 0.3) is 5.56 Å². The minimum Gasteiger partial charge on any atom is -0.399 e. The van der Waals surface area contributed by atoms with Gasteiger partial charge in [-0.25, -0.2) is 18.1 Å². The molecule has 112 valence electrons. The molecule has 0 saturated heterocycles. The third kappa shape index (κ3) is 3.54. The first-order chi connectivity index (χ1) is 9.81. The van der Waals surface area contributed by atoms with E-state index in [-0.39, 0.29) is 15.9 Å². The summed E-state index contributed by atoms with van der Waals surface area (Å²) in [6, 6.07) is 5.56. The van der Waals surface area contributed by atoms with Crippen LogP contribution in [0.5, 0.6) is 0 Å². The molecule has 0 spiro atoms. The van der Waals surface area contributed by atoms with Gasteiger partial charge in [0.05, 0.1) is 4.90 Å². The highest BCUT2D eigenvalue weighted by Gasteiger charge is 2.18. The van der Waals surface area contributed by atoms with E-state index in [4.69, 9.17) is 11.5 Å². The van der Waals surface area contributed by atoms with Crippen molar-refractivity contribution in [2.75, 3.05) is 18.5 Å². The van der Waals surface area contributed by atoms with Crippen molar-refractivity contribution in [2.45, 2.75) is 14.9 Å². The Labute approximate surface area is 125 Å². The van der Waals surface area contributed by atoms with Gasteiger partial charge in [0.2, 0.25) is 10.0 Å². The van der Waals surface area contributed by atoms with E-state index in [2.05, 4.69) is 14.7 Å². The van der Waals surface area contributed by atoms with Crippen molar-refractivity contribution in [1.29, 1.82) is 0 Å². The summed E-state index contributed by atoms with van der Waals surface area (Å²) in [5.41, 5.74) is 11.0. The molecule has 6 N–H and O–H groups in total. The lowest BCUT2D eigenvalue weighted by atomic mass is 10.3. The zero-order valence-corrected chi connectivity index (χ0v) is 12.6. The first-order valence-corrected chi connectivity index (χ1v) is 7.99. The number of aromatic nitrogens is 2. The third-order valence-corrected chi connectivity index (χ3v) is 5.02. The van der Waals surface area contributed by atoms with E-state index >= 15 is 0 Å². The van der Waals surface area contributed by atoms with E-state index < -0.39 is 15.6 Å². The molecular weight excluding hydrogens is 314 g/mol. The van der Waals surface area contributed by atoms with E-state index in [1.807, 2.05) is 0 Å². The minimum absolute atomic E-state index is 0.0000680. The van der Waals surface area contributed by atoms with Gasteiger partial charge in [-0.2, -0.15) is 0 Å². The molecule has 0 aliphatic rings. The van der Waals surface area contributed by atoms with Crippen molar-refractivity contribution in [2.24, 2.45) is 0 Å². The quantitative estimate of drug-likeness (QED) is 0.457. The van der Waals surface area contributed by atoms with Crippen LogP contribution in [0, 0.1) is 0 Å². The number of H-pyrrole nitrogens is 1. The summed E-state index contributed by atoms with van der Waals surface area (Å²) in [5.74, 6) is 0.0507. The molecular formula is C11H13N5O3S2. The Kier molecular flexibility index (Phi) is 4.21. The minimum atomic E-state index is -3.69. The molecule has 2 rings (SSSR count). The number of hydrogen-bond donors (Lipinski definition) is 4. The van der Waals surface area contributed by atoms with Gasteiger partial charge in [-0.05, 0) is 25.2 Å². The molecule has 21 heavy (non-hydrogen) atoms. The first kappa shape index (κ1) is 15.4. The maximum absolute atomic E-state index is 12.0.